The second-order valence-electron chi connectivity index (χ2n) is 5.32. The van der Waals surface area contributed by atoms with Gasteiger partial charge in [0.15, 0.2) is 0 Å². The SMILES string of the molecule is CC1OCCC1C(=O)N1C[C@@H]2CCN[C@@H]2C1. The van der Waals surface area contributed by atoms with Gasteiger partial charge in [0.25, 0.3) is 0 Å². The van der Waals surface area contributed by atoms with Crippen LogP contribution in [0, 0.1) is 11.8 Å². The topological polar surface area (TPSA) is 41.6 Å². The van der Waals surface area contributed by atoms with E-state index in [1.165, 1.54) is 6.42 Å². The molecule has 3 heterocycles. The standard InChI is InChI=1S/C12H20N2O2/c1-8-10(3-5-16-8)12(15)14-6-9-2-4-13-11(9)7-14/h8-11,13H,2-7H2,1H3/t8?,9-,10?,11+/m0/s1. The first kappa shape index (κ1) is 10.5. The lowest BCUT2D eigenvalue weighted by atomic mass is 10.0. The zero-order valence-corrected chi connectivity index (χ0v) is 9.82. The number of likely N-dealkylation sites (tertiary alicyclic amines) is 1. The lowest BCUT2D eigenvalue weighted by Gasteiger charge is -2.22. The Hall–Kier alpha value is -0.610. The van der Waals surface area contributed by atoms with Crippen molar-refractivity contribution in [1.82, 2.24) is 10.2 Å². The van der Waals surface area contributed by atoms with E-state index < -0.39 is 0 Å². The summed E-state index contributed by atoms with van der Waals surface area (Å²) in [6.07, 6.45) is 2.24. The molecule has 0 radical (unpaired) electrons. The number of nitrogens with one attached hydrogen (secondary N) is 1. The van der Waals surface area contributed by atoms with Crippen molar-refractivity contribution in [3.05, 3.63) is 0 Å². The van der Waals surface area contributed by atoms with Gasteiger partial charge >= 0.3 is 0 Å². The maximum absolute atomic E-state index is 12.3. The Balaban J connectivity index is 1.63. The first-order chi connectivity index (χ1) is 7.75. The molecule has 1 N–H and O–H groups in total. The van der Waals surface area contributed by atoms with Gasteiger partial charge in [0.2, 0.25) is 5.91 Å². The summed E-state index contributed by atoms with van der Waals surface area (Å²) in [6, 6.07) is 0.557. The smallest absolute Gasteiger partial charge is 0.228 e. The quantitative estimate of drug-likeness (QED) is 0.693. The minimum absolute atomic E-state index is 0.110. The van der Waals surface area contributed by atoms with Gasteiger partial charge in [-0.3, -0.25) is 4.79 Å². The van der Waals surface area contributed by atoms with E-state index >= 15 is 0 Å². The van der Waals surface area contributed by atoms with Crippen molar-refractivity contribution in [1.29, 1.82) is 0 Å². The van der Waals surface area contributed by atoms with Crippen LogP contribution >= 0.6 is 0 Å². The Kier molecular flexibility index (Phi) is 2.64. The van der Waals surface area contributed by atoms with E-state index in [-0.39, 0.29) is 12.0 Å². The lowest BCUT2D eigenvalue weighted by Crippen LogP contribution is -2.39. The van der Waals surface area contributed by atoms with E-state index in [0.29, 0.717) is 17.9 Å². The van der Waals surface area contributed by atoms with E-state index in [1.54, 1.807) is 0 Å². The van der Waals surface area contributed by atoms with Crippen LogP contribution in [0.3, 0.4) is 0 Å². The van der Waals surface area contributed by atoms with Crippen LogP contribution < -0.4 is 5.32 Å². The third-order valence-corrected chi connectivity index (χ3v) is 4.37. The Labute approximate surface area is 96.3 Å². The highest BCUT2D eigenvalue weighted by molar-refractivity contribution is 5.80. The molecule has 3 fully saturated rings. The average Bonchev–Trinajstić information content (AvgIpc) is 2.89. The third kappa shape index (κ3) is 1.64. The molecule has 3 saturated heterocycles. The molecule has 3 aliphatic heterocycles. The second-order valence-corrected chi connectivity index (χ2v) is 5.32. The number of carbonyl (C=O) groups excluding carboxylic acids is 1. The maximum Gasteiger partial charge on any atom is 0.228 e. The third-order valence-electron chi connectivity index (χ3n) is 4.37. The molecule has 2 unspecified atom stereocenters. The summed E-state index contributed by atoms with van der Waals surface area (Å²) >= 11 is 0. The van der Waals surface area contributed by atoms with Crippen molar-refractivity contribution in [2.45, 2.75) is 31.9 Å². The van der Waals surface area contributed by atoms with Gasteiger partial charge in [-0.1, -0.05) is 0 Å². The van der Waals surface area contributed by atoms with E-state index in [2.05, 4.69) is 10.2 Å². The fourth-order valence-corrected chi connectivity index (χ4v) is 3.32. The van der Waals surface area contributed by atoms with E-state index in [1.807, 2.05) is 6.92 Å². The van der Waals surface area contributed by atoms with Crippen LogP contribution in [-0.2, 0) is 9.53 Å². The maximum atomic E-state index is 12.3. The lowest BCUT2D eigenvalue weighted by molar-refractivity contribution is -0.136. The van der Waals surface area contributed by atoms with Crippen LogP contribution in [0.15, 0.2) is 0 Å². The van der Waals surface area contributed by atoms with Crippen molar-refractivity contribution in [2.75, 3.05) is 26.2 Å². The zero-order valence-electron chi connectivity index (χ0n) is 9.82. The molecule has 4 heteroatoms. The molecule has 3 rings (SSSR count). The number of fused-ring (bicyclic) bond motifs is 1. The molecular formula is C12H20N2O2. The number of carbonyl (C=O) groups is 1. The normalized spacial score (nSPS) is 42.7. The summed E-state index contributed by atoms with van der Waals surface area (Å²) in [4.78, 5) is 14.4. The first-order valence-electron chi connectivity index (χ1n) is 6.39. The van der Waals surface area contributed by atoms with Crippen molar-refractivity contribution >= 4 is 5.91 Å². The molecule has 0 saturated carbocycles. The summed E-state index contributed by atoms with van der Waals surface area (Å²) in [5, 5.41) is 3.48. The molecule has 4 atom stereocenters. The predicted molar refractivity (Wildman–Crippen MR) is 60.0 cm³/mol. The number of rotatable bonds is 1. The average molecular weight is 224 g/mol. The largest absolute Gasteiger partial charge is 0.378 e. The summed E-state index contributed by atoms with van der Waals surface area (Å²) in [5.41, 5.74) is 0. The number of hydrogen-bond acceptors (Lipinski definition) is 3. The first-order valence-corrected chi connectivity index (χ1v) is 6.39. The Bertz CT molecular complexity index is 283. The molecule has 1 amide bonds. The molecule has 0 aromatic rings. The molecule has 3 aliphatic rings. The fourth-order valence-electron chi connectivity index (χ4n) is 3.32. The number of hydrogen-bond donors (Lipinski definition) is 1. The van der Waals surface area contributed by atoms with Gasteiger partial charge in [-0.25, -0.2) is 0 Å². The van der Waals surface area contributed by atoms with Gasteiger partial charge in [0.1, 0.15) is 0 Å². The molecule has 90 valence electrons. The number of nitrogens with zero attached hydrogens (tertiary/aromatic N) is 1. The van der Waals surface area contributed by atoms with E-state index in [4.69, 9.17) is 4.74 Å². The molecule has 0 aromatic carbocycles. The van der Waals surface area contributed by atoms with E-state index in [0.717, 1.165) is 32.7 Å². The van der Waals surface area contributed by atoms with Gasteiger partial charge < -0.3 is 15.0 Å². The highest BCUT2D eigenvalue weighted by atomic mass is 16.5. The van der Waals surface area contributed by atoms with Crippen LogP contribution in [0.25, 0.3) is 0 Å². The van der Waals surface area contributed by atoms with Gasteiger partial charge in [-0.15, -0.1) is 0 Å². The van der Waals surface area contributed by atoms with Gasteiger partial charge in [0, 0.05) is 25.7 Å². The molecule has 16 heavy (non-hydrogen) atoms. The van der Waals surface area contributed by atoms with Crippen molar-refractivity contribution in [3.63, 3.8) is 0 Å². The molecule has 0 spiro atoms. The van der Waals surface area contributed by atoms with Crippen LogP contribution in [-0.4, -0.2) is 49.2 Å². The van der Waals surface area contributed by atoms with E-state index in [9.17, 15) is 4.79 Å². The van der Waals surface area contributed by atoms with Gasteiger partial charge in [0.05, 0.1) is 12.0 Å². The highest BCUT2D eigenvalue weighted by Crippen LogP contribution is 2.29. The molecule has 0 aromatic heterocycles. The van der Waals surface area contributed by atoms with Gasteiger partial charge in [-0.05, 0) is 32.2 Å². The number of ether oxygens (including phenoxy) is 1. The summed E-state index contributed by atoms with van der Waals surface area (Å²) in [5.74, 6) is 1.13. The van der Waals surface area contributed by atoms with Crippen LogP contribution in [0.2, 0.25) is 0 Å². The summed E-state index contributed by atoms with van der Waals surface area (Å²) < 4.78 is 5.48. The van der Waals surface area contributed by atoms with Gasteiger partial charge in [-0.2, -0.15) is 0 Å². The molecule has 4 nitrogen and oxygen atoms in total. The van der Waals surface area contributed by atoms with Crippen molar-refractivity contribution < 1.29 is 9.53 Å². The Morgan fingerprint density at radius 3 is 2.94 bits per heavy atom. The Morgan fingerprint density at radius 1 is 1.38 bits per heavy atom. The van der Waals surface area contributed by atoms with Crippen LogP contribution in [0.1, 0.15) is 19.8 Å². The van der Waals surface area contributed by atoms with Crippen LogP contribution in [0.5, 0.6) is 0 Å². The predicted octanol–water partition coefficient (Wildman–Crippen LogP) is 0.232. The van der Waals surface area contributed by atoms with Crippen LogP contribution in [0.4, 0.5) is 0 Å². The highest BCUT2D eigenvalue weighted by Gasteiger charge is 2.41. The monoisotopic (exact) mass is 224 g/mol. The fraction of sp³-hybridized carbons (Fsp3) is 0.917. The van der Waals surface area contributed by atoms with Crippen molar-refractivity contribution in [3.8, 4) is 0 Å². The summed E-state index contributed by atoms with van der Waals surface area (Å²) in [6.45, 7) is 5.76. The zero-order chi connectivity index (χ0) is 11.1. The summed E-state index contributed by atoms with van der Waals surface area (Å²) in [7, 11) is 0. The minimum Gasteiger partial charge on any atom is -0.378 e. The minimum atomic E-state index is 0.110. The van der Waals surface area contributed by atoms with Crippen molar-refractivity contribution in [2.24, 2.45) is 11.8 Å². The molecule has 0 bridgehead atoms. The Morgan fingerprint density at radius 2 is 2.25 bits per heavy atom. The number of amides is 1. The molecule has 0 aliphatic carbocycles. The second kappa shape index (κ2) is 4.00. The molecular weight excluding hydrogens is 204 g/mol.